The van der Waals surface area contributed by atoms with Crippen LogP contribution in [0, 0.1) is 12.8 Å². The van der Waals surface area contributed by atoms with Gasteiger partial charge >= 0.3 is 0 Å². The van der Waals surface area contributed by atoms with Crippen molar-refractivity contribution >= 4 is 21.4 Å². The summed E-state index contributed by atoms with van der Waals surface area (Å²) in [5, 5.41) is 5.05. The largest absolute Gasteiger partial charge is 0.309 e. The maximum absolute atomic E-state index is 3.64. The average Bonchev–Trinajstić information content (AvgIpc) is 2.67. The van der Waals surface area contributed by atoms with Crippen molar-refractivity contribution in [1.82, 2.24) is 5.32 Å². The maximum atomic E-state index is 3.64. The number of fused-ring (bicyclic) bond motifs is 1. The zero-order valence-corrected chi connectivity index (χ0v) is 12.6. The number of nitrogens with one attached hydrogen (secondary N) is 1. The second kappa shape index (κ2) is 5.85. The van der Waals surface area contributed by atoms with Gasteiger partial charge in [-0.15, -0.1) is 11.3 Å². The van der Waals surface area contributed by atoms with Crippen LogP contribution in [0.15, 0.2) is 24.3 Å². The van der Waals surface area contributed by atoms with Gasteiger partial charge in [0.1, 0.15) is 0 Å². The Morgan fingerprint density at radius 2 is 1.89 bits per heavy atom. The maximum Gasteiger partial charge on any atom is 0.0389 e. The highest BCUT2D eigenvalue weighted by atomic mass is 32.1. The fourth-order valence-electron chi connectivity index (χ4n) is 2.29. The molecular weight excluding hydrogens is 238 g/mol. The third-order valence-corrected chi connectivity index (χ3v) is 4.90. The number of hydrogen-bond acceptors (Lipinski definition) is 2. The second-order valence-corrected chi connectivity index (χ2v) is 6.53. The SMILES string of the molecule is Cc1c(C(C)NCCC(C)C)sc2ccccc12. The Labute approximate surface area is 114 Å². The molecule has 0 saturated heterocycles. The molecule has 2 heteroatoms. The predicted molar refractivity (Wildman–Crippen MR) is 82.4 cm³/mol. The van der Waals surface area contributed by atoms with Gasteiger partial charge in [-0.2, -0.15) is 0 Å². The molecule has 1 nitrogen and oxygen atoms in total. The first-order valence-electron chi connectivity index (χ1n) is 6.81. The zero-order valence-electron chi connectivity index (χ0n) is 11.8. The van der Waals surface area contributed by atoms with E-state index in [2.05, 4.69) is 57.3 Å². The first kappa shape index (κ1) is 13.6. The summed E-state index contributed by atoms with van der Waals surface area (Å²) in [4.78, 5) is 1.49. The molecular formula is C16H23NS. The molecule has 1 aromatic heterocycles. The quantitative estimate of drug-likeness (QED) is 0.806. The van der Waals surface area contributed by atoms with Crippen LogP contribution >= 0.6 is 11.3 Å². The molecule has 1 unspecified atom stereocenters. The topological polar surface area (TPSA) is 12.0 Å². The first-order chi connectivity index (χ1) is 8.59. The van der Waals surface area contributed by atoms with Gasteiger partial charge in [0.05, 0.1) is 0 Å². The van der Waals surface area contributed by atoms with E-state index < -0.39 is 0 Å². The van der Waals surface area contributed by atoms with Gasteiger partial charge in [0.2, 0.25) is 0 Å². The summed E-state index contributed by atoms with van der Waals surface area (Å²) in [6, 6.07) is 9.16. The number of hydrogen-bond donors (Lipinski definition) is 1. The number of benzene rings is 1. The lowest BCUT2D eigenvalue weighted by Crippen LogP contribution is -2.20. The van der Waals surface area contributed by atoms with Crippen molar-refractivity contribution in [3.05, 3.63) is 34.7 Å². The van der Waals surface area contributed by atoms with Crippen LogP contribution in [0.5, 0.6) is 0 Å². The van der Waals surface area contributed by atoms with Crippen LogP contribution < -0.4 is 5.32 Å². The minimum Gasteiger partial charge on any atom is -0.309 e. The van der Waals surface area contributed by atoms with E-state index in [9.17, 15) is 0 Å². The summed E-state index contributed by atoms with van der Waals surface area (Å²) in [6.45, 7) is 10.2. The van der Waals surface area contributed by atoms with Gasteiger partial charge in [-0.1, -0.05) is 32.0 Å². The van der Waals surface area contributed by atoms with Crippen molar-refractivity contribution < 1.29 is 0 Å². The van der Waals surface area contributed by atoms with Crippen molar-refractivity contribution in [2.75, 3.05) is 6.54 Å². The summed E-state index contributed by atoms with van der Waals surface area (Å²) in [6.07, 6.45) is 1.24. The van der Waals surface area contributed by atoms with Gasteiger partial charge in [0.15, 0.2) is 0 Å². The molecule has 1 atom stereocenters. The van der Waals surface area contributed by atoms with Crippen molar-refractivity contribution in [3.8, 4) is 0 Å². The highest BCUT2D eigenvalue weighted by Gasteiger charge is 2.13. The van der Waals surface area contributed by atoms with Crippen molar-refractivity contribution in [3.63, 3.8) is 0 Å². The van der Waals surface area contributed by atoms with Crippen LogP contribution in [0.3, 0.4) is 0 Å². The minimum atomic E-state index is 0.459. The molecule has 18 heavy (non-hydrogen) atoms. The highest BCUT2D eigenvalue weighted by Crippen LogP contribution is 2.34. The van der Waals surface area contributed by atoms with Crippen LogP contribution in [0.25, 0.3) is 10.1 Å². The Morgan fingerprint density at radius 1 is 1.17 bits per heavy atom. The standard InChI is InChI=1S/C16H23NS/c1-11(2)9-10-17-13(4)16-12(3)14-7-5-6-8-15(14)18-16/h5-8,11,13,17H,9-10H2,1-4H3. The molecule has 2 aromatic rings. The van der Waals surface area contributed by atoms with Crippen LogP contribution in [0.4, 0.5) is 0 Å². The summed E-state index contributed by atoms with van der Waals surface area (Å²) < 4.78 is 1.41. The van der Waals surface area contributed by atoms with Crippen molar-refractivity contribution in [2.24, 2.45) is 5.92 Å². The Balaban J connectivity index is 2.12. The van der Waals surface area contributed by atoms with Gasteiger partial charge in [-0.25, -0.2) is 0 Å². The molecule has 98 valence electrons. The molecule has 0 aliphatic heterocycles. The molecule has 0 aliphatic carbocycles. The molecule has 1 aromatic carbocycles. The highest BCUT2D eigenvalue weighted by molar-refractivity contribution is 7.19. The Kier molecular flexibility index (Phi) is 4.41. The fourth-order valence-corrected chi connectivity index (χ4v) is 3.53. The minimum absolute atomic E-state index is 0.459. The van der Waals surface area contributed by atoms with Gasteiger partial charge in [-0.3, -0.25) is 0 Å². The third-order valence-electron chi connectivity index (χ3n) is 3.45. The lowest BCUT2D eigenvalue weighted by atomic mass is 10.1. The monoisotopic (exact) mass is 261 g/mol. The molecule has 0 radical (unpaired) electrons. The lowest BCUT2D eigenvalue weighted by Gasteiger charge is -2.14. The van der Waals surface area contributed by atoms with E-state index in [0.717, 1.165) is 12.5 Å². The molecule has 0 aliphatic rings. The molecule has 0 fully saturated rings. The lowest BCUT2D eigenvalue weighted by molar-refractivity contribution is 0.500. The van der Waals surface area contributed by atoms with E-state index in [4.69, 9.17) is 0 Å². The smallest absolute Gasteiger partial charge is 0.0389 e. The number of thiophene rings is 1. The molecule has 1 N–H and O–H groups in total. The van der Waals surface area contributed by atoms with Crippen LogP contribution in [0.1, 0.15) is 43.7 Å². The van der Waals surface area contributed by atoms with E-state index in [1.54, 1.807) is 0 Å². The molecule has 0 bridgehead atoms. The molecule has 1 heterocycles. The Bertz CT molecular complexity index is 513. The summed E-state index contributed by atoms with van der Waals surface area (Å²) in [5.41, 5.74) is 1.44. The van der Waals surface area contributed by atoms with Gasteiger partial charge in [0.25, 0.3) is 0 Å². The zero-order chi connectivity index (χ0) is 13.1. The van der Waals surface area contributed by atoms with E-state index in [1.807, 2.05) is 11.3 Å². The van der Waals surface area contributed by atoms with Crippen LogP contribution in [0.2, 0.25) is 0 Å². The first-order valence-corrected chi connectivity index (χ1v) is 7.62. The van der Waals surface area contributed by atoms with Gasteiger partial charge in [-0.05, 0) is 49.7 Å². The van der Waals surface area contributed by atoms with Gasteiger partial charge in [0, 0.05) is 15.6 Å². The molecule has 0 saturated carbocycles. The Morgan fingerprint density at radius 3 is 2.56 bits per heavy atom. The summed E-state index contributed by atoms with van der Waals surface area (Å²) >= 11 is 1.93. The summed E-state index contributed by atoms with van der Waals surface area (Å²) in [5.74, 6) is 0.771. The third kappa shape index (κ3) is 2.93. The molecule has 2 rings (SSSR count). The van der Waals surface area contributed by atoms with E-state index in [1.165, 1.54) is 26.9 Å². The van der Waals surface area contributed by atoms with Crippen LogP contribution in [-0.4, -0.2) is 6.54 Å². The normalized spacial score (nSPS) is 13.4. The van der Waals surface area contributed by atoms with E-state index in [-0.39, 0.29) is 0 Å². The van der Waals surface area contributed by atoms with E-state index >= 15 is 0 Å². The molecule has 0 spiro atoms. The van der Waals surface area contributed by atoms with Crippen molar-refractivity contribution in [1.29, 1.82) is 0 Å². The van der Waals surface area contributed by atoms with Crippen LogP contribution in [-0.2, 0) is 0 Å². The number of rotatable bonds is 5. The summed E-state index contributed by atoms with van der Waals surface area (Å²) in [7, 11) is 0. The average molecular weight is 261 g/mol. The van der Waals surface area contributed by atoms with E-state index in [0.29, 0.717) is 6.04 Å². The Hall–Kier alpha value is -0.860. The number of aryl methyl sites for hydroxylation is 1. The molecule has 0 amide bonds. The van der Waals surface area contributed by atoms with Crippen molar-refractivity contribution in [2.45, 2.75) is 40.2 Å². The predicted octanol–water partition coefficient (Wildman–Crippen LogP) is 4.91. The van der Waals surface area contributed by atoms with Gasteiger partial charge < -0.3 is 5.32 Å². The fraction of sp³-hybridized carbons (Fsp3) is 0.500. The second-order valence-electron chi connectivity index (χ2n) is 5.45.